The van der Waals surface area contributed by atoms with E-state index >= 15 is 0 Å². The number of hydrogen-bond acceptors (Lipinski definition) is 3. The van der Waals surface area contributed by atoms with Gasteiger partial charge in [-0.1, -0.05) is 51.1 Å². The summed E-state index contributed by atoms with van der Waals surface area (Å²) in [5, 5.41) is 2.94. The summed E-state index contributed by atoms with van der Waals surface area (Å²) in [7, 11) is -3.62. The van der Waals surface area contributed by atoms with Crippen molar-refractivity contribution in [2.45, 2.75) is 65.8 Å². The maximum Gasteiger partial charge on any atom is 0.243 e. The predicted octanol–water partition coefficient (Wildman–Crippen LogP) is 4.72. The first kappa shape index (κ1) is 24.9. The molecule has 0 aliphatic rings. The number of nitrogens with one attached hydrogen (secondary N) is 1. The van der Waals surface area contributed by atoms with Gasteiger partial charge in [-0.2, -0.15) is 0 Å². The molecule has 0 saturated carbocycles. The molecule has 2 rings (SSSR count). The normalized spacial score (nSPS) is 12.6. The van der Waals surface area contributed by atoms with E-state index < -0.39 is 16.1 Å². The van der Waals surface area contributed by atoms with Crippen molar-refractivity contribution in [1.82, 2.24) is 5.32 Å². The van der Waals surface area contributed by atoms with Crippen molar-refractivity contribution in [3.63, 3.8) is 0 Å². The van der Waals surface area contributed by atoms with Crippen LogP contribution in [0.3, 0.4) is 0 Å². The lowest BCUT2D eigenvalue weighted by Gasteiger charge is -2.30. The largest absolute Gasteiger partial charge is 0.354 e. The molecule has 0 radical (unpaired) electrons. The molecule has 1 amide bonds. The molecule has 31 heavy (non-hydrogen) atoms. The molecule has 0 aliphatic heterocycles. The van der Waals surface area contributed by atoms with Gasteiger partial charge in [0.1, 0.15) is 6.04 Å². The van der Waals surface area contributed by atoms with Gasteiger partial charge in [0.05, 0.1) is 11.9 Å². The van der Waals surface area contributed by atoms with Gasteiger partial charge in [-0.15, -0.1) is 0 Å². The highest BCUT2D eigenvalue weighted by Crippen LogP contribution is 2.25. The number of anilines is 1. The van der Waals surface area contributed by atoms with Crippen LogP contribution in [0, 0.1) is 13.8 Å². The number of hydrogen-bond donors (Lipinski definition) is 1. The van der Waals surface area contributed by atoms with Gasteiger partial charge in [0.15, 0.2) is 0 Å². The van der Waals surface area contributed by atoms with Crippen LogP contribution in [-0.4, -0.2) is 33.2 Å². The molecule has 5 nitrogen and oxygen atoms in total. The second-order valence-electron chi connectivity index (χ2n) is 8.62. The molecule has 1 N–H and O–H groups in total. The molecule has 170 valence electrons. The van der Waals surface area contributed by atoms with Gasteiger partial charge in [0.2, 0.25) is 15.9 Å². The maximum atomic E-state index is 12.9. The van der Waals surface area contributed by atoms with Crippen LogP contribution < -0.4 is 9.62 Å². The fourth-order valence-corrected chi connectivity index (χ4v) is 5.02. The molecule has 1 atom stereocenters. The van der Waals surface area contributed by atoms with Crippen LogP contribution in [0.15, 0.2) is 42.5 Å². The van der Waals surface area contributed by atoms with Gasteiger partial charge < -0.3 is 5.32 Å². The molecule has 6 heteroatoms. The van der Waals surface area contributed by atoms with Gasteiger partial charge in [-0.25, -0.2) is 8.42 Å². The van der Waals surface area contributed by atoms with Crippen molar-refractivity contribution < 1.29 is 13.2 Å². The van der Waals surface area contributed by atoms with E-state index in [1.54, 1.807) is 0 Å². The smallest absolute Gasteiger partial charge is 0.243 e. The standard InChI is InChI=1S/C25H36N2O3S/c1-7-24(27(31(6,29)30)23-16-19(4)15-20(5)17-23)25(28)26-14-8-9-21-10-12-22(13-11-21)18(2)3/h10-13,15-18,24H,7-9,14H2,1-6H3,(H,26,28)/t24-/m0/s1. The van der Waals surface area contributed by atoms with E-state index in [1.165, 1.54) is 15.4 Å². The molecule has 2 aromatic carbocycles. The lowest BCUT2D eigenvalue weighted by molar-refractivity contribution is -0.122. The summed E-state index contributed by atoms with van der Waals surface area (Å²) in [5.41, 5.74) is 5.01. The first-order chi connectivity index (χ1) is 14.5. The van der Waals surface area contributed by atoms with Crippen molar-refractivity contribution in [3.05, 3.63) is 64.7 Å². The van der Waals surface area contributed by atoms with E-state index in [-0.39, 0.29) is 5.91 Å². The third kappa shape index (κ3) is 7.10. The zero-order valence-corrected chi connectivity index (χ0v) is 20.4. The number of benzene rings is 2. The molecular weight excluding hydrogens is 408 g/mol. The van der Waals surface area contributed by atoms with Crippen LogP contribution in [0.5, 0.6) is 0 Å². The summed E-state index contributed by atoms with van der Waals surface area (Å²) < 4.78 is 26.4. The fourth-order valence-electron chi connectivity index (χ4n) is 3.83. The number of rotatable bonds is 10. The molecule has 0 saturated heterocycles. The highest BCUT2D eigenvalue weighted by atomic mass is 32.2. The molecular formula is C25H36N2O3S. The Hall–Kier alpha value is -2.34. The summed E-state index contributed by atoms with van der Waals surface area (Å²) in [5.74, 6) is 0.247. The molecule has 0 unspecified atom stereocenters. The molecule has 0 aromatic heterocycles. The minimum absolute atomic E-state index is 0.262. The number of sulfonamides is 1. The van der Waals surface area contributed by atoms with Crippen molar-refractivity contribution in [3.8, 4) is 0 Å². The second-order valence-corrected chi connectivity index (χ2v) is 10.5. The topological polar surface area (TPSA) is 66.5 Å². The minimum Gasteiger partial charge on any atom is -0.354 e. The first-order valence-electron chi connectivity index (χ1n) is 11.0. The number of aryl methyl sites for hydroxylation is 3. The van der Waals surface area contributed by atoms with E-state index in [4.69, 9.17) is 0 Å². The van der Waals surface area contributed by atoms with E-state index in [9.17, 15) is 13.2 Å². The Morgan fingerprint density at radius 1 is 1.03 bits per heavy atom. The lowest BCUT2D eigenvalue weighted by Crippen LogP contribution is -2.49. The van der Waals surface area contributed by atoms with E-state index in [2.05, 4.69) is 43.4 Å². The number of carbonyl (C=O) groups is 1. The van der Waals surface area contributed by atoms with Crippen LogP contribution in [0.25, 0.3) is 0 Å². The highest BCUT2D eigenvalue weighted by Gasteiger charge is 2.31. The van der Waals surface area contributed by atoms with Crippen molar-refractivity contribution in [1.29, 1.82) is 0 Å². The number of amides is 1. The summed E-state index contributed by atoms with van der Waals surface area (Å²) >= 11 is 0. The minimum atomic E-state index is -3.62. The van der Waals surface area contributed by atoms with Gasteiger partial charge in [0, 0.05) is 6.54 Å². The fraction of sp³-hybridized carbons (Fsp3) is 0.480. The summed E-state index contributed by atoms with van der Waals surface area (Å²) in [6, 6.07) is 13.4. The van der Waals surface area contributed by atoms with Crippen LogP contribution in [0.2, 0.25) is 0 Å². The Morgan fingerprint density at radius 2 is 1.61 bits per heavy atom. The number of nitrogens with zero attached hydrogens (tertiary/aromatic N) is 1. The highest BCUT2D eigenvalue weighted by molar-refractivity contribution is 7.92. The maximum absolute atomic E-state index is 12.9. The lowest BCUT2D eigenvalue weighted by atomic mass is 10.0. The molecule has 2 aromatic rings. The summed E-state index contributed by atoms with van der Waals surface area (Å²) in [4.78, 5) is 12.9. The molecule has 0 spiro atoms. The van der Waals surface area contributed by atoms with Gasteiger partial charge in [0.25, 0.3) is 0 Å². The average Bonchev–Trinajstić information content (AvgIpc) is 2.67. The van der Waals surface area contributed by atoms with E-state index in [0.717, 1.165) is 30.2 Å². The zero-order chi connectivity index (χ0) is 23.2. The van der Waals surface area contributed by atoms with E-state index in [1.807, 2.05) is 39.0 Å². The second kappa shape index (κ2) is 10.8. The van der Waals surface area contributed by atoms with E-state index in [0.29, 0.717) is 24.6 Å². The Morgan fingerprint density at radius 3 is 2.10 bits per heavy atom. The Labute approximate surface area is 187 Å². The van der Waals surface area contributed by atoms with Crippen LogP contribution in [-0.2, 0) is 21.2 Å². The summed E-state index contributed by atoms with van der Waals surface area (Å²) in [6.07, 6.45) is 3.21. The van der Waals surface area contributed by atoms with Crippen LogP contribution in [0.1, 0.15) is 61.8 Å². The van der Waals surface area contributed by atoms with Crippen molar-refractivity contribution in [2.24, 2.45) is 0 Å². The SMILES string of the molecule is CC[C@@H](C(=O)NCCCc1ccc(C(C)C)cc1)N(c1cc(C)cc(C)c1)S(C)(=O)=O. The Bertz CT molecular complexity index is 962. The summed E-state index contributed by atoms with van der Waals surface area (Å²) in [6.45, 7) is 10.5. The Kier molecular flexibility index (Phi) is 8.69. The molecule has 0 heterocycles. The van der Waals surface area contributed by atoms with Gasteiger partial charge in [-0.05, 0) is 73.4 Å². The predicted molar refractivity (Wildman–Crippen MR) is 129 cm³/mol. The molecule has 0 bridgehead atoms. The average molecular weight is 445 g/mol. The van der Waals surface area contributed by atoms with Crippen molar-refractivity contribution in [2.75, 3.05) is 17.1 Å². The van der Waals surface area contributed by atoms with Crippen LogP contribution >= 0.6 is 0 Å². The zero-order valence-electron chi connectivity index (χ0n) is 19.6. The van der Waals surface area contributed by atoms with Crippen LogP contribution in [0.4, 0.5) is 5.69 Å². The van der Waals surface area contributed by atoms with Crippen molar-refractivity contribution >= 4 is 21.6 Å². The molecule has 0 aliphatic carbocycles. The van der Waals surface area contributed by atoms with Gasteiger partial charge in [-0.3, -0.25) is 9.10 Å². The first-order valence-corrected chi connectivity index (χ1v) is 12.8. The monoisotopic (exact) mass is 444 g/mol. The Balaban J connectivity index is 2.04. The number of carbonyl (C=O) groups excluding carboxylic acids is 1. The van der Waals surface area contributed by atoms with Gasteiger partial charge >= 0.3 is 0 Å². The molecule has 0 fully saturated rings. The third-order valence-corrected chi connectivity index (χ3v) is 6.56. The third-order valence-electron chi connectivity index (χ3n) is 5.38. The quantitative estimate of drug-likeness (QED) is 0.539.